The molecule has 0 bridgehead atoms. The Hall–Kier alpha value is -1.59. The molecule has 1 atom stereocenters. The molecule has 0 aliphatic carbocycles. The molecule has 1 aromatic rings. The second kappa shape index (κ2) is 6.00. The average Bonchev–Trinajstić information content (AvgIpc) is 2.27. The van der Waals surface area contributed by atoms with Gasteiger partial charge in [0.05, 0.1) is 6.61 Å². The van der Waals surface area contributed by atoms with Crippen molar-refractivity contribution in [3.05, 3.63) is 40.3 Å². The zero-order chi connectivity index (χ0) is 11.1. The van der Waals surface area contributed by atoms with Crippen molar-refractivity contribution in [3.63, 3.8) is 0 Å². The molecular weight excluding hydrogens is 196 g/mol. The van der Waals surface area contributed by atoms with Gasteiger partial charge in [-0.2, -0.15) is 0 Å². The number of azide groups is 1. The molecule has 0 amide bonds. The van der Waals surface area contributed by atoms with E-state index in [-0.39, 0.29) is 6.61 Å². The van der Waals surface area contributed by atoms with E-state index in [1.54, 1.807) is 24.3 Å². The molecule has 0 radical (unpaired) electrons. The van der Waals surface area contributed by atoms with Crippen LogP contribution in [0.5, 0.6) is 0 Å². The van der Waals surface area contributed by atoms with Gasteiger partial charge < -0.3 is 10.2 Å². The number of hydrogen-bond donors (Lipinski definition) is 3. The quantitative estimate of drug-likeness (QED) is 0.293. The molecule has 0 aliphatic rings. The van der Waals surface area contributed by atoms with Gasteiger partial charge in [-0.1, -0.05) is 29.4 Å². The molecule has 1 aromatic carbocycles. The molecule has 0 heterocycles. The minimum atomic E-state index is -0.822. The van der Waals surface area contributed by atoms with Crippen LogP contribution in [0.3, 0.4) is 0 Å². The first kappa shape index (κ1) is 11.5. The van der Waals surface area contributed by atoms with Crippen LogP contribution in [0.25, 0.3) is 10.4 Å². The maximum Gasteiger partial charge on any atom is 0.131 e. The van der Waals surface area contributed by atoms with E-state index < -0.39 is 6.23 Å². The lowest BCUT2D eigenvalue weighted by molar-refractivity contribution is 0.129. The smallest absolute Gasteiger partial charge is 0.131 e. The van der Waals surface area contributed by atoms with Gasteiger partial charge in [0.15, 0.2) is 0 Å². The summed E-state index contributed by atoms with van der Waals surface area (Å²) >= 11 is 0. The molecule has 0 aliphatic heterocycles. The van der Waals surface area contributed by atoms with Crippen LogP contribution in [0.2, 0.25) is 0 Å². The minimum Gasteiger partial charge on any atom is -0.395 e. The Morgan fingerprint density at radius 2 is 2.07 bits per heavy atom. The van der Waals surface area contributed by atoms with Crippen LogP contribution in [0.15, 0.2) is 29.4 Å². The topological polar surface area (TPSA) is 101 Å². The summed E-state index contributed by atoms with van der Waals surface area (Å²) in [5.74, 6) is 0. The maximum atomic E-state index is 9.55. The van der Waals surface area contributed by atoms with E-state index in [1.807, 2.05) is 0 Å². The zero-order valence-electron chi connectivity index (χ0n) is 8.04. The summed E-state index contributed by atoms with van der Waals surface area (Å²) in [6, 6.07) is 6.52. The van der Waals surface area contributed by atoms with Crippen LogP contribution in [0.1, 0.15) is 11.8 Å². The largest absolute Gasteiger partial charge is 0.395 e. The van der Waals surface area contributed by atoms with E-state index in [0.717, 1.165) is 0 Å². The highest BCUT2D eigenvalue weighted by Gasteiger charge is 2.04. The maximum absolute atomic E-state index is 9.55. The Morgan fingerprint density at radius 3 is 2.60 bits per heavy atom. The van der Waals surface area contributed by atoms with Crippen molar-refractivity contribution in [2.24, 2.45) is 5.11 Å². The lowest BCUT2D eigenvalue weighted by Crippen LogP contribution is -2.23. The fourth-order valence-corrected chi connectivity index (χ4v) is 1.09. The number of rotatable bonds is 5. The van der Waals surface area contributed by atoms with Crippen LogP contribution in [0, 0.1) is 0 Å². The highest BCUT2D eigenvalue weighted by atomic mass is 16.3. The number of hydrogen-bond acceptors (Lipinski definition) is 4. The Balaban J connectivity index is 2.66. The molecular formula is C9H12N4O2. The van der Waals surface area contributed by atoms with Crippen molar-refractivity contribution in [1.82, 2.24) is 5.32 Å². The zero-order valence-corrected chi connectivity index (χ0v) is 8.04. The van der Waals surface area contributed by atoms with E-state index in [9.17, 15) is 5.11 Å². The molecule has 6 heteroatoms. The minimum absolute atomic E-state index is 0.0339. The van der Waals surface area contributed by atoms with E-state index in [0.29, 0.717) is 17.8 Å². The van der Waals surface area contributed by atoms with Gasteiger partial charge >= 0.3 is 0 Å². The summed E-state index contributed by atoms with van der Waals surface area (Å²) in [7, 11) is 0. The van der Waals surface area contributed by atoms with Crippen molar-refractivity contribution in [2.45, 2.75) is 6.23 Å². The molecule has 0 saturated carbocycles. The third-order valence-corrected chi connectivity index (χ3v) is 1.82. The van der Waals surface area contributed by atoms with Gasteiger partial charge in [0.1, 0.15) is 6.23 Å². The number of aliphatic hydroxyl groups is 2. The van der Waals surface area contributed by atoms with Crippen molar-refractivity contribution >= 4 is 5.69 Å². The van der Waals surface area contributed by atoms with Crippen molar-refractivity contribution in [3.8, 4) is 0 Å². The monoisotopic (exact) mass is 208 g/mol. The third-order valence-electron chi connectivity index (χ3n) is 1.82. The number of nitrogens with zero attached hydrogens (tertiary/aromatic N) is 3. The summed E-state index contributed by atoms with van der Waals surface area (Å²) in [6.07, 6.45) is -0.822. The van der Waals surface area contributed by atoms with Crippen LogP contribution in [-0.2, 0) is 0 Å². The first-order valence-electron chi connectivity index (χ1n) is 4.45. The van der Waals surface area contributed by atoms with Crippen LogP contribution < -0.4 is 5.32 Å². The number of aliphatic hydroxyl groups excluding tert-OH is 2. The Morgan fingerprint density at radius 1 is 1.40 bits per heavy atom. The van der Waals surface area contributed by atoms with Gasteiger partial charge in [0.25, 0.3) is 0 Å². The summed E-state index contributed by atoms with van der Waals surface area (Å²) in [5, 5.41) is 24.2. The van der Waals surface area contributed by atoms with Gasteiger partial charge in [-0.25, -0.2) is 0 Å². The lowest BCUT2D eigenvalue weighted by Gasteiger charge is -2.11. The SMILES string of the molecule is [N-]=[N+]=Nc1ccc(C(O)NCCO)cc1. The van der Waals surface area contributed by atoms with Crippen LogP contribution in [0.4, 0.5) is 5.69 Å². The molecule has 3 N–H and O–H groups in total. The van der Waals surface area contributed by atoms with Gasteiger partial charge in [0.2, 0.25) is 0 Å². The number of nitrogens with one attached hydrogen (secondary N) is 1. The van der Waals surface area contributed by atoms with Crippen molar-refractivity contribution < 1.29 is 10.2 Å². The Kier molecular flexibility index (Phi) is 4.59. The van der Waals surface area contributed by atoms with Crippen molar-refractivity contribution in [1.29, 1.82) is 0 Å². The lowest BCUT2D eigenvalue weighted by atomic mass is 10.2. The predicted octanol–water partition coefficient (Wildman–Crippen LogP) is 1.20. The first-order valence-corrected chi connectivity index (χ1v) is 4.45. The van der Waals surface area contributed by atoms with Gasteiger partial charge in [0, 0.05) is 17.1 Å². The van der Waals surface area contributed by atoms with Gasteiger partial charge in [-0.3, -0.25) is 5.32 Å². The molecule has 0 spiro atoms. The second-order valence-corrected chi connectivity index (χ2v) is 2.86. The van der Waals surface area contributed by atoms with E-state index >= 15 is 0 Å². The van der Waals surface area contributed by atoms with Gasteiger partial charge in [-0.15, -0.1) is 0 Å². The highest BCUT2D eigenvalue weighted by molar-refractivity contribution is 5.39. The fourth-order valence-electron chi connectivity index (χ4n) is 1.09. The third kappa shape index (κ3) is 3.57. The standard InChI is InChI=1S/C9H12N4O2/c10-13-12-8-3-1-7(2-4-8)9(15)11-5-6-14/h1-4,9,11,14-15H,5-6H2. The summed E-state index contributed by atoms with van der Waals surface area (Å²) in [4.78, 5) is 2.64. The number of benzene rings is 1. The predicted molar refractivity (Wildman–Crippen MR) is 55.3 cm³/mol. The Bertz CT molecular complexity index is 346. The molecule has 0 aromatic heterocycles. The van der Waals surface area contributed by atoms with Gasteiger partial charge in [-0.05, 0) is 11.1 Å². The van der Waals surface area contributed by atoms with E-state index in [2.05, 4.69) is 15.3 Å². The van der Waals surface area contributed by atoms with E-state index in [1.165, 1.54) is 0 Å². The first-order chi connectivity index (χ1) is 7.27. The van der Waals surface area contributed by atoms with E-state index in [4.69, 9.17) is 10.6 Å². The summed E-state index contributed by atoms with van der Waals surface area (Å²) in [6.45, 7) is 0.285. The molecule has 1 rings (SSSR count). The molecule has 15 heavy (non-hydrogen) atoms. The fraction of sp³-hybridized carbons (Fsp3) is 0.333. The van der Waals surface area contributed by atoms with Crippen LogP contribution >= 0.6 is 0 Å². The second-order valence-electron chi connectivity index (χ2n) is 2.86. The molecule has 1 unspecified atom stereocenters. The summed E-state index contributed by atoms with van der Waals surface area (Å²) in [5.41, 5.74) is 9.33. The molecule has 0 fully saturated rings. The normalized spacial score (nSPS) is 11.9. The molecule has 80 valence electrons. The summed E-state index contributed by atoms with van der Waals surface area (Å²) < 4.78 is 0. The molecule has 6 nitrogen and oxygen atoms in total. The van der Waals surface area contributed by atoms with Crippen molar-refractivity contribution in [2.75, 3.05) is 13.2 Å². The molecule has 0 saturated heterocycles. The van der Waals surface area contributed by atoms with Crippen LogP contribution in [-0.4, -0.2) is 23.4 Å². The highest BCUT2D eigenvalue weighted by Crippen LogP contribution is 2.16. The Labute approximate surface area is 86.8 Å². The average molecular weight is 208 g/mol.